The average Bonchev–Trinajstić information content (AvgIpc) is 3.02. The van der Waals surface area contributed by atoms with Gasteiger partial charge in [0.05, 0.1) is 24.7 Å². The van der Waals surface area contributed by atoms with Crippen LogP contribution in [0.2, 0.25) is 0 Å². The molecule has 1 unspecified atom stereocenters. The minimum absolute atomic E-state index is 0.0476. The quantitative estimate of drug-likeness (QED) is 0.814. The minimum Gasteiger partial charge on any atom is -0.373 e. The summed E-state index contributed by atoms with van der Waals surface area (Å²) >= 11 is 0. The molecule has 0 saturated carbocycles. The summed E-state index contributed by atoms with van der Waals surface area (Å²) in [4.78, 5) is 18.6. The van der Waals surface area contributed by atoms with E-state index in [4.69, 9.17) is 10.5 Å². The monoisotopic (exact) mass is 295 g/mol. The molecule has 1 atom stereocenters. The third kappa shape index (κ3) is 3.41. The van der Waals surface area contributed by atoms with E-state index in [1.54, 1.807) is 11.0 Å². The number of morpholine rings is 1. The van der Waals surface area contributed by atoms with E-state index >= 15 is 0 Å². The van der Waals surface area contributed by atoms with Crippen LogP contribution in [0, 0.1) is 5.41 Å². The Morgan fingerprint density at radius 3 is 2.81 bits per heavy atom. The predicted molar refractivity (Wildman–Crippen MR) is 78.4 cm³/mol. The lowest BCUT2D eigenvalue weighted by molar-refractivity contribution is -0.150. The van der Waals surface area contributed by atoms with Gasteiger partial charge in [-0.1, -0.05) is 13.8 Å². The van der Waals surface area contributed by atoms with Gasteiger partial charge in [-0.05, 0) is 12.8 Å². The van der Waals surface area contributed by atoms with Gasteiger partial charge in [-0.15, -0.1) is 0 Å². The van der Waals surface area contributed by atoms with Crippen molar-refractivity contribution < 1.29 is 9.53 Å². The highest BCUT2D eigenvalue weighted by atomic mass is 16.5. The molecular formula is C14H25N5O2. The molecular weight excluding hydrogens is 270 g/mol. The fourth-order valence-electron chi connectivity index (χ4n) is 2.81. The van der Waals surface area contributed by atoms with Gasteiger partial charge in [-0.3, -0.25) is 9.48 Å². The normalized spacial score (nSPS) is 19.8. The summed E-state index contributed by atoms with van der Waals surface area (Å²) in [5.74, 6) is 0.155. The zero-order chi connectivity index (χ0) is 15.3. The molecule has 2 N–H and O–H groups in total. The Hall–Kier alpha value is -1.47. The molecule has 1 aromatic rings. The van der Waals surface area contributed by atoms with Crippen LogP contribution in [0.4, 0.5) is 0 Å². The summed E-state index contributed by atoms with van der Waals surface area (Å²) in [5, 5.41) is 4.08. The van der Waals surface area contributed by atoms with Gasteiger partial charge in [0.15, 0.2) is 0 Å². The Morgan fingerprint density at radius 1 is 1.48 bits per heavy atom. The van der Waals surface area contributed by atoms with Crippen LogP contribution < -0.4 is 5.73 Å². The maximum Gasteiger partial charge on any atom is 0.230 e. The maximum absolute atomic E-state index is 12.8. The Bertz CT molecular complexity index is 436. The third-order valence-corrected chi connectivity index (χ3v) is 4.48. The van der Waals surface area contributed by atoms with Gasteiger partial charge in [0.1, 0.15) is 12.7 Å². The lowest BCUT2D eigenvalue weighted by Crippen LogP contribution is -2.54. The SMILES string of the molecule is CCC(CC)(CN)C(=O)N1CCOC(Cn2cncn2)C1. The van der Waals surface area contributed by atoms with Crippen LogP contribution >= 0.6 is 0 Å². The highest BCUT2D eigenvalue weighted by Gasteiger charge is 2.38. The number of aromatic nitrogens is 3. The summed E-state index contributed by atoms with van der Waals surface area (Å²) in [6.07, 6.45) is 4.65. The molecule has 0 spiro atoms. The van der Waals surface area contributed by atoms with E-state index in [0.717, 1.165) is 12.8 Å². The van der Waals surface area contributed by atoms with Crippen molar-refractivity contribution in [3.63, 3.8) is 0 Å². The summed E-state index contributed by atoms with van der Waals surface area (Å²) in [5.41, 5.74) is 5.44. The zero-order valence-corrected chi connectivity index (χ0v) is 12.9. The number of amides is 1. The van der Waals surface area contributed by atoms with E-state index in [1.165, 1.54) is 6.33 Å². The highest BCUT2D eigenvalue weighted by molar-refractivity contribution is 5.83. The van der Waals surface area contributed by atoms with Crippen LogP contribution in [0.3, 0.4) is 0 Å². The average molecular weight is 295 g/mol. The summed E-state index contributed by atoms with van der Waals surface area (Å²) < 4.78 is 7.46. The molecule has 1 fully saturated rings. The Balaban J connectivity index is 2.01. The van der Waals surface area contributed by atoms with Crippen LogP contribution in [0.15, 0.2) is 12.7 Å². The third-order valence-electron chi connectivity index (χ3n) is 4.48. The Labute approximate surface area is 125 Å². The van der Waals surface area contributed by atoms with E-state index in [1.807, 2.05) is 18.7 Å². The number of nitrogens with two attached hydrogens (primary N) is 1. The fraction of sp³-hybridized carbons (Fsp3) is 0.786. The van der Waals surface area contributed by atoms with E-state index in [9.17, 15) is 4.79 Å². The molecule has 1 saturated heterocycles. The highest BCUT2D eigenvalue weighted by Crippen LogP contribution is 2.28. The molecule has 7 nitrogen and oxygen atoms in total. The van der Waals surface area contributed by atoms with E-state index in [-0.39, 0.29) is 12.0 Å². The molecule has 0 radical (unpaired) electrons. The first-order chi connectivity index (χ1) is 10.1. The second kappa shape index (κ2) is 7.00. The topological polar surface area (TPSA) is 86.3 Å². The standard InChI is InChI=1S/C14H25N5O2/c1-3-14(4-2,9-15)13(20)18-5-6-21-12(7-18)8-19-11-16-10-17-19/h10-12H,3-9,15H2,1-2H3. The zero-order valence-electron chi connectivity index (χ0n) is 12.9. The van der Waals surface area contributed by atoms with Crippen molar-refractivity contribution in [2.24, 2.45) is 11.1 Å². The van der Waals surface area contributed by atoms with Crippen molar-refractivity contribution in [3.05, 3.63) is 12.7 Å². The van der Waals surface area contributed by atoms with Gasteiger partial charge in [0, 0.05) is 19.6 Å². The molecule has 21 heavy (non-hydrogen) atoms. The van der Waals surface area contributed by atoms with Crippen LogP contribution in [0.1, 0.15) is 26.7 Å². The number of rotatable bonds is 6. The van der Waals surface area contributed by atoms with Crippen molar-refractivity contribution in [3.8, 4) is 0 Å². The van der Waals surface area contributed by atoms with Crippen LogP contribution in [0.5, 0.6) is 0 Å². The number of nitrogens with zero attached hydrogens (tertiary/aromatic N) is 4. The summed E-state index contributed by atoms with van der Waals surface area (Å²) in [7, 11) is 0. The van der Waals surface area contributed by atoms with Crippen LogP contribution in [0.25, 0.3) is 0 Å². The summed E-state index contributed by atoms with van der Waals surface area (Å²) in [6.45, 7) is 6.83. The lowest BCUT2D eigenvalue weighted by Gasteiger charge is -2.39. The van der Waals surface area contributed by atoms with Gasteiger partial charge in [0.2, 0.25) is 5.91 Å². The van der Waals surface area contributed by atoms with Crippen molar-refractivity contribution >= 4 is 5.91 Å². The predicted octanol–water partition coefficient (Wildman–Crippen LogP) is 0.271. The molecule has 7 heteroatoms. The van der Waals surface area contributed by atoms with Gasteiger partial charge in [0.25, 0.3) is 0 Å². The molecule has 2 rings (SSSR count). The second-order valence-electron chi connectivity index (χ2n) is 5.55. The molecule has 118 valence electrons. The van der Waals surface area contributed by atoms with Crippen LogP contribution in [-0.2, 0) is 16.1 Å². The lowest BCUT2D eigenvalue weighted by atomic mass is 9.80. The summed E-state index contributed by atoms with van der Waals surface area (Å²) in [6, 6.07) is 0. The molecule has 1 amide bonds. The first-order valence-electron chi connectivity index (χ1n) is 7.58. The number of carbonyl (C=O) groups is 1. The first-order valence-corrected chi connectivity index (χ1v) is 7.58. The minimum atomic E-state index is -0.435. The van der Waals surface area contributed by atoms with Gasteiger partial charge in [-0.2, -0.15) is 5.10 Å². The van der Waals surface area contributed by atoms with Crippen LogP contribution in [-0.4, -0.2) is 57.9 Å². The molecule has 1 aliphatic heterocycles. The maximum atomic E-state index is 12.8. The number of carbonyl (C=O) groups excluding carboxylic acids is 1. The first kappa shape index (κ1) is 15.9. The molecule has 0 bridgehead atoms. The van der Waals surface area contributed by atoms with Crippen molar-refractivity contribution in [2.75, 3.05) is 26.2 Å². The van der Waals surface area contributed by atoms with Crippen molar-refractivity contribution in [2.45, 2.75) is 39.3 Å². The van der Waals surface area contributed by atoms with E-state index in [0.29, 0.717) is 32.8 Å². The van der Waals surface area contributed by atoms with Crippen molar-refractivity contribution in [1.82, 2.24) is 19.7 Å². The van der Waals surface area contributed by atoms with Gasteiger partial charge < -0.3 is 15.4 Å². The molecule has 1 aromatic heterocycles. The number of hydrogen-bond donors (Lipinski definition) is 1. The number of hydrogen-bond acceptors (Lipinski definition) is 5. The van der Waals surface area contributed by atoms with Crippen molar-refractivity contribution in [1.29, 1.82) is 0 Å². The molecule has 0 aromatic carbocycles. The largest absolute Gasteiger partial charge is 0.373 e. The fourth-order valence-corrected chi connectivity index (χ4v) is 2.81. The second-order valence-corrected chi connectivity index (χ2v) is 5.55. The Kier molecular flexibility index (Phi) is 5.30. The van der Waals surface area contributed by atoms with Gasteiger partial charge in [-0.25, -0.2) is 4.98 Å². The number of ether oxygens (including phenoxy) is 1. The smallest absolute Gasteiger partial charge is 0.230 e. The molecule has 2 heterocycles. The molecule has 1 aliphatic rings. The molecule has 0 aliphatic carbocycles. The van der Waals surface area contributed by atoms with Gasteiger partial charge >= 0.3 is 0 Å². The Morgan fingerprint density at radius 2 is 2.24 bits per heavy atom. The van der Waals surface area contributed by atoms with E-state index < -0.39 is 5.41 Å². The van der Waals surface area contributed by atoms with E-state index in [2.05, 4.69) is 10.1 Å².